The van der Waals surface area contributed by atoms with Crippen molar-refractivity contribution in [2.75, 3.05) is 13.1 Å². The minimum absolute atomic E-state index is 0.0227. The zero-order chi connectivity index (χ0) is 10.7. The molecule has 1 aliphatic heterocycles. The van der Waals surface area contributed by atoms with Gasteiger partial charge in [-0.2, -0.15) is 0 Å². The number of nitrogens with zero attached hydrogens (tertiary/aromatic N) is 1. The van der Waals surface area contributed by atoms with E-state index in [-0.39, 0.29) is 18.2 Å². The Bertz CT molecular complexity index is 409. The fourth-order valence-corrected chi connectivity index (χ4v) is 1.53. The smallest absolute Gasteiger partial charge is 0.254 e. The highest BCUT2D eigenvalue weighted by molar-refractivity contribution is 6.00. The molecule has 76 valence electrons. The van der Waals surface area contributed by atoms with Gasteiger partial charge in [0.1, 0.15) is 0 Å². The van der Waals surface area contributed by atoms with Crippen LogP contribution in [-0.2, 0) is 4.79 Å². The monoisotopic (exact) mass is 201 g/mol. The van der Waals surface area contributed by atoms with Crippen LogP contribution in [0, 0.1) is 0 Å². The van der Waals surface area contributed by atoms with Gasteiger partial charge in [0, 0.05) is 12.1 Å². The van der Waals surface area contributed by atoms with Crippen molar-refractivity contribution >= 4 is 11.7 Å². The largest absolute Gasteiger partial charge is 0.327 e. The predicted octanol–water partition coefficient (Wildman–Crippen LogP) is 1.27. The van der Waals surface area contributed by atoms with Gasteiger partial charge in [0.25, 0.3) is 5.91 Å². The third kappa shape index (κ3) is 2.13. The van der Waals surface area contributed by atoms with Crippen molar-refractivity contribution in [1.82, 2.24) is 4.90 Å². The molecule has 0 saturated carbocycles. The molecule has 1 aromatic carbocycles. The van der Waals surface area contributed by atoms with Crippen molar-refractivity contribution < 1.29 is 9.59 Å². The first-order valence-corrected chi connectivity index (χ1v) is 4.81. The Kier molecular flexibility index (Phi) is 2.63. The molecule has 0 aliphatic carbocycles. The summed E-state index contributed by atoms with van der Waals surface area (Å²) in [4.78, 5) is 24.6. The van der Waals surface area contributed by atoms with Crippen LogP contribution < -0.4 is 0 Å². The molecular formula is C12H11NO2. The van der Waals surface area contributed by atoms with Crippen molar-refractivity contribution in [3.8, 4) is 0 Å². The van der Waals surface area contributed by atoms with E-state index in [4.69, 9.17) is 0 Å². The molecule has 0 radical (unpaired) electrons. The SMILES string of the molecule is O=C1C=CCN(C(=O)c2ccccc2)C1. The average Bonchev–Trinajstić information content (AvgIpc) is 2.29. The molecule has 0 spiro atoms. The Labute approximate surface area is 88.0 Å². The lowest BCUT2D eigenvalue weighted by Gasteiger charge is -2.22. The second-order valence-electron chi connectivity index (χ2n) is 3.42. The van der Waals surface area contributed by atoms with Gasteiger partial charge in [0.05, 0.1) is 6.54 Å². The average molecular weight is 201 g/mol. The van der Waals surface area contributed by atoms with E-state index in [1.165, 1.54) is 11.0 Å². The first-order chi connectivity index (χ1) is 7.27. The Morgan fingerprint density at radius 3 is 2.60 bits per heavy atom. The summed E-state index contributed by atoms with van der Waals surface area (Å²) in [5.41, 5.74) is 0.626. The standard InChI is InChI=1S/C12H11NO2/c14-11-7-4-8-13(9-11)12(15)10-5-2-1-3-6-10/h1-7H,8-9H2. The van der Waals surface area contributed by atoms with Crippen LogP contribution in [0.3, 0.4) is 0 Å². The van der Waals surface area contributed by atoms with Crippen LogP contribution in [0.5, 0.6) is 0 Å². The van der Waals surface area contributed by atoms with Gasteiger partial charge in [0.2, 0.25) is 0 Å². The van der Waals surface area contributed by atoms with Crippen molar-refractivity contribution in [2.24, 2.45) is 0 Å². The summed E-state index contributed by atoms with van der Waals surface area (Å²) in [6.45, 7) is 0.698. The highest BCUT2D eigenvalue weighted by atomic mass is 16.2. The maximum Gasteiger partial charge on any atom is 0.254 e. The zero-order valence-electron chi connectivity index (χ0n) is 8.22. The molecule has 1 aliphatic rings. The minimum atomic E-state index is -0.0895. The van der Waals surface area contributed by atoms with E-state index in [9.17, 15) is 9.59 Å². The van der Waals surface area contributed by atoms with E-state index in [2.05, 4.69) is 0 Å². The molecule has 0 fully saturated rings. The molecule has 0 aromatic heterocycles. The van der Waals surface area contributed by atoms with Gasteiger partial charge < -0.3 is 4.90 Å². The predicted molar refractivity (Wildman–Crippen MR) is 56.5 cm³/mol. The fourth-order valence-electron chi connectivity index (χ4n) is 1.53. The number of carbonyl (C=O) groups excluding carboxylic acids is 2. The van der Waals surface area contributed by atoms with Crippen LogP contribution in [0.2, 0.25) is 0 Å². The number of hydrogen-bond donors (Lipinski definition) is 0. The lowest BCUT2D eigenvalue weighted by Crippen LogP contribution is -2.37. The van der Waals surface area contributed by atoms with E-state index in [0.717, 1.165) is 0 Å². The molecule has 15 heavy (non-hydrogen) atoms. The minimum Gasteiger partial charge on any atom is -0.327 e. The van der Waals surface area contributed by atoms with Crippen molar-refractivity contribution in [3.63, 3.8) is 0 Å². The summed E-state index contributed by atoms with van der Waals surface area (Å²) >= 11 is 0. The maximum absolute atomic E-state index is 11.9. The van der Waals surface area contributed by atoms with Gasteiger partial charge in [-0.15, -0.1) is 0 Å². The van der Waals surface area contributed by atoms with Crippen LogP contribution in [0.1, 0.15) is 10.4 Å². The normalized spacial score (nSPS) is 15.5. The van der Waals surface area contributed by atoms with Crippen LogP contribution in [-0.4, -0.2) is 29.7 Å². The van der Waals surface area contributed by atoms with Gasteiger partial charge in [-0.25, -0.2) is 0 Å². The highest BCUT2D eigenvalue weighted by Crippen LogP contribution is 2.07. The number of carbonyl (C=O) groups is 2. The summed E-state index contributed by atoms with van der Waals surface area (Å²) in [6.07, 6.45) is 3.24. The molecule has 3 nitrogen and oxygen atoms in total. The van der Waals surface area contributed by atoms with E-state index in [0.29, 0.717) is 12.1 Å². The molecule has 0 saturated heterocycles. The molecule has 3 heteroatoms. The Hall–Kier alpha value is -1.90. The molecule has 1 heterocycles. The van der Waals surface area contributed by atoms with Crippen molar-refractivity contribution in [2.45, 2.75) is 0 Å². The Morgan fingerprint density at radius 1 is 1.20 bits per heavy atom. The molecule has 0 N–H and O–H groups in total. The van der Waals surface area contributed by atoms with Crippen LogP contribution in [0.4, 0.5) is 0 Å². The molecular weight excluding hydrogens is 190 g/mol. The summed E-state index contributed by atoms with van der Waals surface area (Å²) in [6, 6.07) is 9.00. The number of hydrogen-bond acceptors (Lipinski definition) is 2. The molecule has 0 bridgehead atoms. The lowest BCUT2D eigenvalue weighted by molar-refractivity contribution is -0.115. The molecule has 0 unspecified atom stereocenters. The van der Waals surface area contributed by atoms with Crippen LogP contribution in [0.25, 0.3) is 0 Å². The van der Waals surface area contributed by atoms with E-state index in [1.807, 2.05) is 18.2 Å². The van der Waals surface area contributed by atoms with E-state index < -0.39 is 0 Å². The summed E-state index contributed by atoms with van der Waals surface area (Å²) in [5, 5.41) is 0. The summed E-state index contributed by atoms with van der Waals surface area (Å²) in [7, 11) is 0. The topological polar surface area (TPSA) is 37.4 Å². The maximum atomic E-state index is 11.9. The Balaban J connectivity index is 2.16. The van der Waals surface area contributed by atoms with Crippen molar-refractivity contribution in [3.05, 3.63) is 48.0 Å². The number of rotatable bonds is 1. The summed E-state index contributed by atoms with van der Waals surface area (Å²) in [5.74, 6) is -0.112. The second kappa shape index (κ2) is 4.09. The zero-order valence-corrected chi connectivity index (χ0v) is 8.22. The second-order valence-corrected chi connectivity index (χ2v) is 3.42. The molecule has 1 amide bonds. The van der Waals surface area contributed by atoms with Gasteiger partial charge >= 0.3 is 0 Å². The lowest BCUT2D eigenvalue weighted by atomic mass is 10.1. The van der Waals surface area contributed by atoms with E-state index >= 15 is 0 Å². The highest BCUT2D eigenvalue weighted by Gasteiger charge is 2.18. The number of ketones is 1. The Morgan fingerprint density at radius 2 is 1.93 bits per heavy atom. The fraction of sp³-hybridized carbons (Fsp3) is 0.167. The molecule has 2 rings (SSSR count). The quantitative estimate of drug-likeness (QED) is 0.686. The van der Waals surface area contributed by atoms with Gasteiger partial charge in [-0.3, -0.25) is 9.59 Å². The van der Waals surface area contributed by atoms with Gasteiger partial charge in [-0.05, 0) is 18.2 Å². The third-order valence-corrected chi connectivity index (χ3v) is 2.28. The number of amides is 1. The first-order valence-electron chi connectivity index (χ1n) is 4.81. The molecule has 1 aromatic rings. The molecule has 0 atom stereocenters. The number of benzene rings is 1. The third-order valence-electron chi connectivity index (χ3n) is 2.28. The van der Waals surface area contributed by atoms with Gasteiger partial charge in [0.15, 0.2) is 5.78 Å². The van der Waals surface area contributed by atoms with E-state index in [1.54, 1.807) is 18.2 Å². The first kappa shape index (κ1) is 9.65. The van der Waals surface area contributed by atoms with Crippen LogP contribution >= 0.6 is 0 Å². The van der Waals surface area contributed by atoms with Crippen molar-refractivity contribution in [1.29, 1.82) is 0 Å². The van der Waals surface area contributed by atoms with Gasteiger partial charge in [-0.1, -0.05) is 24.3 Å². The van der Waals surface area contributed by atoms with Crippen LogP contribution in [0.15, 0.2) is 42.5 Å². The summed E-state index contributed by atoms with van der Waals surface area (Å²) < 4.78 is 0.